The number of H-pyrrole nitrogens is 1. The number of esters is 1. The van der Waals surface area contributed by atoms with Crippen LogP contribution in [0.15, 0.2) is 35.3 Å². The van der Waals surface area contributed by atoms with Gasteiger partial charge in [-0.05, 0) is 24.6 Å². The summed E-state index contributed by atoms with van der Waals surface area (Å²) in [7, 11) is 1.32. The smallest absolute Gasteiger partial charge is 0.337 e. The number of benzene rings is 1. The molecule has 0 atom stereocenters. The Kier molecular flexibility index (Phi) is 3.61. The molecule has 0 aliphatic carbocycles. The van der Waals surface area contributed by atoms with Gasteiger partial charge in [0.1, 0.15) is 0 Å². The van der Waals surface area contributed by atoms with Crippen molar-refractivity contribution in [1.29, 1.82) is 0 Å². The normalized spacial score (nSPS) is 10.0. The third-order valence-corrected chi connectivity index (χ3v) is 2.58. The second-order valence-electron chi connectivity index (χ2n) is 3.93. The van der Waals surface area contributed by atoms with Crippen LogP contribution in [0.1, 0.15) is 15.9 Å². The molecule has 0 aliphatic rings. The van der Waals surface area contributed by atoms with E-state index in [1.165, 1.54) is 19.4 Å². The van der Waals surface area contributed by atoms with E-state index in [2.05, 4.69) is 20.0 Å². The van der Waals surface area contributed by atoms with Crippen molar-refractivity contribution < 1.29 is 9.53 Å². The van der Waals surface area contributed by atoms with E-state index in [1.54, 1.807) is 18.2 Å². The van der Waals surface area contributed by atoms with Crippen LogP contribution < -0.4 is 10.9 Å². The molecule has 1 heterocycles. The lowest BCUT2D eigenvalue weighted by atomic mass is 10.1. The van der Waals surface area contributed by atoms with Gasteiger partial charge in [0, 0.05) is 18.0 Å². The molecular formula is C13H13N3O3. The molecule has 98 valence electrons. The first kappa shape index (κ1) is 12.8. The van der Waals surface area contributed by atoms with Crippen molar-refractivity contribution in [3.63, 3.8) is 0 Å². The van der Waals surface area contributed by atoms with Crippen molar-refractivity contribution in [3.8, 4) is 0 Å². The summed E-state index contributed by atoms with van der Waals surface area (Å²) in [5.41, 5.74) is 1.77. The number of rotatable bonds is 3. The topological polar surface area (TPSA) is 84.1 Å². The van der Waals surface area contributed by atoms with Crippen molar-refractivity contribution in [1.82, 2.24) is 9.97 Å². The number of carbonyl (C=O) groups is 1. The van der Waals surface area contributed by atoms with Gasteiger partial charge in [-0.3, -0.25) is 9.78 Å². The summed E-state index contributed by atoms with van der Waals surface area (Å²) in [4.78, 5) is 29.2. The number of aromatic nitrogens is 2. The number of hydrogen-bond acceptors (Lipinski definition) is 5. The Bertz CT molecular complexity index is 664. The van der Waals surface area contributed by atoms with Crippen molar-refractivity contribution in [2.45, 2.75) is 6.92 Å². The van der Waals surface area contributed by atoms with E-state index < -0.39 is 5.97 Å². The number of nitrogens with zero attached hydrogens (tertiary/aromatic N) is 1. The molecule has 0 unspecified atom stereocenters. The number of carbonyl (C=O) groups excluding carboxylic acids is 1. The molecule has 0 fully saturated rings. The third-order valence-electron chi connectivity index (χ3n) is 2.58. The highest BCUT2D eigenvalue weighted by atomic mass is 16.5. The molecule has 0 radical (unpaired) electrons. The summed E-state index contributed by atoms with van der Waals surface area (Å²) in [5, 5.41) is 2.96. The summed E-state index contributed by atoms with van der Waals surface area (Å²) >= 11 is 0. The molecule has 0 aliphatic heterocycles. The number of ether oxygens (including phenoxy) is 1. The lowest BCUT2D eigenvalue weighted by Gasteiger charge is -2.09. The monoisotopic (exact) mass is 259 g/mol. The van der Waals surface area contributed by atoms with Gasteiger partial charge in [-0.1, -0.05) is 6.07 Å². The van der Waals surface area contributed by atoms with Crippen LogP contribution in [-0.4, -0.2) is 23.0 Å². The van der Waals surface area contributed by atoms with Crippen LogP contribution in [0.3, 0.4) is 0 Å². The molecule has 6 heteroatoms. The molecule has 0 bridgehead atoms. The lowest BCUT2D eigenvalue weighted by molar-refractivity contribution is 0.0601. The SMILES string of the molecule is COC(=O)c1ccc(C)c(Nc2nccc(=O)[nH]2)c1. The van der Waals surface area contributed by atoms with E-state index in [9.17, 15) is 9.59 Å². The Morgan fingerprint density at radius 2 is 2.16 bits per heavy atom. The van der Waals surface area contributed by atoms with Gasteiger partial charge in [-0.15, -0.1) is 0 Å². The van der Waals surface area contributed by atoms with Crippen LogP contribution in [0.2, 0.25) is 0 Å². The first-order valence-electron chi connectivity index (χ1n) is 5.61. The van der Waals surface area contributed by atoms with Gasteiger partial charge in [0.25, 0.3) is 5.56 Å². The summed E-state index contributed by atoms with van der Waals surface area (Å²) in [6.07, 6.45) is 1.40. The van der Waals surface area contributed by atoms with Crippen LogP contribution in [0.4, 0.5) is 11.6 Å². The number of aryl methyl sites for hydroxylation is 1. The fourth-order valence-corrected chi connectivity index (χ4v) is 1.56. The van der Waals surface area contributed by atoms with E-state index in [0.29, 0.717) is 17.2 Å². The summed E-state index contributed by atoms with van der Waals surface area (Å²) in [6, 6.07) is 6.43. The zero-order valence-electron chi connectivity index (χ0n) is 10.6. The van der Waals surface area contributed by atoms with Crippen LogP contribution in [-0.2, 0) is 4.74 Å². The molecule has 0 spiro atoms. The summed E-state index contributed by atoms with van der Waals surface area (Å²) in [6.45, 7) is 1.88. The molecule has 2 aromatic rings. The molecule has 1 aromatic carbocycles. The Morgan fingerprint density at radius 1 is 1.37 bits per heavy atom. The van der Waals surface area contributed by atoms with Crippen molar-refractivity contribution in [3.05, 3.63) is 51.9 Å². The quantitative estimate of drug-likeness (QED) is 0.818. The average molecular weight is 259 g/mol. The highest BCUT2D eigenvalue weighted by Gasteiger charge is 2.08. The van der Waals surface area contributed by atoms with Gasteiger partial charge in [0.15, 0.2) is 0 Å². The zero-order chi connectivity index (χ0) is 13.8. The van der Waals surface area contributed by atoms with E-state index in [1.807, 2.05) is 6.92 Å². The number of hydrogen-bond donors (Lipinski definition) is 2. The Balaban J connectivity index is 2.34. The molecule has 2 N–H and O–H groups in total. The molecular weight excluding hydrogens is 246 g/mol. The van der Waals surface area contributed by atoms with Crippen molar-refractivity contribution in [2.24, 2.45) is 0 Å². The third kappa shape index (κ3) is 2.98. The van der Waals surface area contributed by atoms with Crippen LogP contribution in [0.5, 0.6) is 0 Å². The molecule has 19 heavy (non-hydrogen) atoms. The van der Waals surface area contributed by atoms with Gasteiger partial charge in [-0.2, -0.15) is 0 Å². The molecule has 6 nitrogen and oxygen atoms in total. The fourth-order valence-electron chi connectivity index (χ4n) is 1.56. The van der Waals surface area contributed by atoms with Gasteiger partial charge in [0.05, 0.1) is 12.7 Å². The standard InChI is InChI=1S/C13H13N3O3/c1-8-3-4-9(12(18)19-2)7-10(8)15-13-14-6-5-11(17)16-13/h3-7H,1-2H3,(H2,14,15,16,17). The highest BCUT2D eigenvalue weighted by molar-refractivity contribution is 5.91. The Labute approximate surface area is 109 Å². The van der Waals surface area contributed by atoms with E-state index in [4.69, 9.17) is 0 Å². The second kappa shape index (κ2) is 5.34. The molecule has 0 amide bonds. The van der Waals surface area contributed by atoms with Crippen molar-refractivity contribution in [2.75, 3.05) is 12.4 Å². The van der Waals surface area contributed by atoms with E-state index in [0.717, 1.165) is 5.56 Å². The molecule has 0 saturated carbocycles. The number of nitrogens with one attached hydrogen (secondary N) is 2. The fraction of sp³-hybridized carbons (Fsp3) is 0.154. The minimum absolute atomic E-state index is 0.251. The maximum atomic E-state index is 11.5. The first-order valence-corrected chi connectivity index (χ1v) is 5.61. The predicted octanol–water partition coefficient (Wildman–Crippen LogP) is 1.61. The van der Waals surface area contributed by atoms with Gasteiger partial charge in [0.2, 0.25) is 5.95 Å². The predicted molar refractivity (Wildman–Crippen MR) is 70.7 cm³/mol. The van der Waals surface area contributed by atoms with Gasteiger partial charge >= 0.3 is 5.97 Å². The summed E-state index contributed by atoms with van der Waals surface area (Å²) in [5.74, 6) is -0.102. The number of methoxy groups -OCH3 is 1. The van der Waals surface area contributed by atoms with Gasteiger partial charge in [-0.25, -0.2) is 9.78 Å². The lowest BCUT2D eigenvalue weighted by Crippen LogP contribution is -2.09. The Morgan fingerprint density at radius 3 is 2.84 bits per heavy atom. The van der Waals surface area contributed by atoms with E-state index >= 15 is 0 Å². The van der Waals surface area contributed by atoms with E-state index in [-0.39, 0.29) is 5.56 Å². The molecule has 0 saturated heterocycles. The summed E-state index contributed by atoms with van der Waals surface area (Å²) < 4.78 is 4.66. The minimum atomic E-state index is -0.419. The van der Waals surface area contributed by atoms with Crippen LogP contribution in [0, 0.1) is 6.92 Å². The minimum Gasteiger partial charge on any atom is -0.465 e. The molecule has 2 rings (SSSR count). The largest absolute Gasteiger partial charge is 0.465 e. The van der Waals surface area contributed by atoms with Gasteiger partial charge < -0.3 is 10.1 Å². The van der Waals surface area contributed by atoms with Crippen molar-refractivity contribution >= 4 is 17.6 Å². The highest BCUT2D eigenvalue weighted by Crippen LogP contribution is 2.19. The molecule has 1 aromatic heterocycles. The second-order valence-corrected chi connectivity index (χ2v) is 3.93. The Hall–Kier alpha value is -2.63. The van der Waals surface area contributed by atoms with Crippen LogP contribution in [0.25, 0.3) is 0 Å². The maximum Gasteiger partial charge on any atom is 0.337 e. The zero-order valence-corrected chi connectivity index (χ0v) is 10.6. The number of anilines is 2. The maximum absolute atomic E-state index is 11.5. The average Bonchev–Trinajstić information content (AvgIpc) is 2.40. The first-order chi connectivity index (χ1) is 9.10. The van der Waals surface area contributed by atoms with Crippen LogP contribution >= 0.6 is 0 Å². The number of aromatic amines is 1.